The summed E-state index contributed by atoms with van der Waals surface area (Å²) in [7, 11) is 0. The van der Waals surface area contributed by atoms with Crippen molar-refractivity contribution in [3.63, 3.8) is 0 Å². The van der Waals surface area contributed by atoms with Crippen LogP contribution < -0.4 is 0 Å². The van der Waals surface area contributed by atoms with E-state index in [4.69, 9.17) is 11.6 Å². The summed E-state index contributed by atoms with van der Waals surface area (Å²) in [6, 6.07) is 3.46. The highest BCUT2D eigenvalue weighted by Gasteiger charge is 2.07. The van der Waals surface area contributed by atoms with Crippen LogP contribution in [0.1, 0.15) is 0 Å². The molecule has 0 amide bonds. The molecule has 1 aromatic heterocycles. The van der Waals surface area contributed by atoms with E-state index in [0.29, 0.717) is 21.7 Å². The summed E-state index contributed by atoms with van der Waals surface area (Å²) in [5, 5.41) is 2.86. The summed E-state index contributed by atoms with van der Waals surface area (Å²) in [4.78, 5) is 3.86. The monoisotopic (exact) mass is 227 g/mol. The Morgan fingerprint density at radius 2 is 2.15 bits per heavy atom. The van der Waals surface area contributed by atoms with Crippen molar-refractivity contribution in [1.29, 1.82) is 0 Å². The third kappa shape index (κ3) is 1.47. The van der Waals surface area contributed by atoms with E-state index >= 15 is 0 Å². The molecule has 64 valence electrons. The molecular formula is C7H2ClN3S2. The van der Waals surface area contributed by atoms with Gasteiger partial charge in [-0.05, 0) is 24.4 Å². The molecule has 0 saturated heterocycles. The fourth-order valence-corrected chi connectivity index (χ4v) is 1.87. The Hall–Kier alpha value is -0.870. The Balaban J connectivity index is 2.85. The fraction of sp³-hybridized carbons (Fsp3) is 0. The molecular weight excluding hydrogens is 226 g/mol. The highest BCUT2D eigenvalue weighted by Crippen LogP contribution is 2.29. The van der Waals surface area contributed by atoms with E-state index in [2.05, 4.69) is 31.1 Å². The lowest BCUT2D eigenvalue weighted by atomic mass is 10.3. The zero-order valence-corrected chi connectivity index (χ0v) is 8.58. The number of isothiocyanates is 1. The highest BCUT2D eigenvalue weighted by atomic mass is 35.5. The normalized spacial score (nSPS) is 9.92. The van der Waals surface area contributed by atoms with Crippen LogP contribution in [-0.2, 0) is 0 Å². The van der Waals surface area contributed by atoms with Crippen LogP contribution in [0.25, 0.3) is 11.0 Å². The van der Waals surface area contributed by atoms with Gasteiger partial charge in [0, 0.05) is 0 Å². The number of halogens is 1. The maximum atomic E-state index is 5.89. The minimum atomic E-state index is 0.576. The number of rotatable bonds is 1. The first kappa shape index (κ1) is 8.72. The number of hydrogen-bond donors (Lipinski definition) is 0. The summed E-state index contributed by atoms with van der Waals surface area (Å²) in [5.74, 6) is 0. The van der Waals surface area contributed by atoms with Crippen LogP contribution in [-0.4, -0.2) is 13.9 Å². The van der Waals surface area contributed by atoms with Crippen molar-refractivity contribution in [2.45, 2.75) is 0 Å². The van der Waals surface area contributed by atoms with Crippen molar-refractivity contribution in [1.82, 2.24) is 8.75 Å². The van der Waals surface area contributed by atoms with Gasteiger partial charge in [0.2, 0.25) is 0 Å². The van der Waals surface area contributed by atoms with Crippen LogP contribution in [0.5, 0.6) is 0 Å². The number of aliphatic imine (C=N–C) groups is 1. The zero-order valence-electron chi connectivity index (χ0n) is 6.19. The van der Waals surface area contributed by atoms with Crippen LogP contribution in [0.3, 0.4) is 0 Å². The van der Waals surface area contributed by atoms with E-state index < -0.39 is 0 Å². The van der Waals surface area contributed by atoms with Crippen molar-refractivity contribution in [2.24, 2.45) is 4.99 Å². The number of fused-ring (bicyclic) bond motifs is 1. The molecule has 2 rings (SSSR count). The van der Waals surface area contributed by atoms with E-state index in [1.54, 1.807) is 12.1 Å². The van der Waals surface area contributed by atoms with Gasteiger partial charge < -0.3 is 0 Å². The average Bonchev–Trinajstić information content (AvgIpc) is 2.59. The van der Waals surface area contributed by atoms with Crippen molar-refractivity contribution < 1.29 is 0 Å². The SMILES string of the molecule is S=C=Nc1ccc(Cl)c2nsnc12. The number of hydrogen-bond acceptors (Lipinski definition) is 5. The van der Waals surface area contributed by atoms with Gasteiger partial charge >= 0.3 is 0 Å². The van der Waals surface area contributed by atoms with Crippen LogP contribution >= 0.6 is 35.5 Å². The fourth-order valence-electron chi connectivity index (χ4n) is 0.963. The smallest absolute Gasteiger partial charge is 0.132 e. The summed E-state index contributed by atoms with van der Waals surface area (Å²) < 4.78 is 8.10. The second-order valence-corrected chi connectivity index (χ2v) is 3.35. The molecule has 0 unspecified atom stereocenters. The maximum absolute atomic E-state index is 5.89. The lowest BCUT2D eigenvalue weighted by molar-refractivity contribution is 1.55. The van der Waals surface area contributed by atoms with Gasteiger partial charge in [0.15, 0.2) is 0 Å². The summed E-state index contributed by atoms with van der Waals surface area (Å²) in [6.07, 6.45) is 0. The van der Waals surface area contributed by atoms with Gasteiger partial charge in [0.25, 0.3) is 0 Å². The van der Waals surface area contributed by atoms with Crippen molar-refractivity contribution >= 4 is 57.4 Å². The van der Waals surface area contributed by atoms with Gasteiger partial charge in [0.1, 0.15) is 16.7 Å². The van der Waals surface area contributed by atoms with Gasteiger partial charge in [0.05, 0.1) is 21.9 Å². The zero-order chi connectivity index (χ0) is 9.26. The highest BCUT2D eigenvalue weighted by molar-refractivity contribution is 7.78. The van der Waals surface area contributed by atoms with Crippen LogP contribution in [0.4, 0.5) is 5.69 Å². The number of benzene rings is 1. The Morgan fingerprint density at radius 1 is 1.38 bits per heavy atom. The van der Waals surface area contributed by atoms with Gasteiger partial charge in [-0.25, -0.2) is 0 Å². The molecule has 0 fully saturated rings. The second kappa shape index (κ2) is 3.47. The topological polar surface area (TPSA) is 38.1 Å². The Kier molecular flexibility index (Phi) is 2.33. The quantitative estimate of drug-likeness (QED) is 0.555. The van der Waals surface area contributed by atoms with Gasteiger partial charge in [-0.1, -0.05) is 11.6 Å². The summed E-state index contributed by atoms with van der Waals surface area (Å²) >= 11 is 11.5. The number of thiocarbonyl (C=S) groups is 1. The molecule has 0 bridgehead atoms. The van der Waals surface area contributed by atoms with Crippen molar-refractivity contribution in [3.8, 4) is 0 Å². The Morgan fingerprint density at radius 3 is 2.92 bits per heavy atom. The van der Waals surface area contributed by atoms with Crippen molar-refractivity contribution in [3.05, 3.63) is 17.2 Å². The number of nitrogens with zero attached hydrogens (tertiary/aromatic N) is 3. The number of aromatic nitrogens is 2. The second-order valence-electron chi connectivity index (χ2n) is 2.23. The van der Waals surface area contributed by atoms with E-state index in [1.165, 1.54) is 0 Å². The molecule has 0 saturated carbocycles. The van der Waals surface area contributed by atoms with Gasteiger partial charge in [-0.2, -0.15) is 13.7 Å². The molecule has 0 aliphatic carbocycles. The van der Waals surface area contributed by atoms with Crippen LogP contribution in [0, 0.1) is 0 Å². The minimum absolute atomic E-state index is 0.576. The minimum Gasteiger partial charge on any atom is -0.192 e. The van der Waals surface area contributed by atoms with E-state index in [9.17, 15) is 0 Å². The summed E-state index contributed by atoms with van der Waals surface area (Å²) in [6.45, 7) is 0. The Bertz CT molecular complexity index is 501. The predicted molar refractivity (Wildman–Crippen MR) is 57.1 cm³/mol. The summed E-state index contributed by atoms with van der Waals surface area (Å²) in [5.41, 5.74) is 2.00. The first-order valence-corrected chi connectivity index (χ1v) is 4.83. The van der Waals surface area contributed by atoms with Crippen molar-refractivity contribution in [2.75, 3.05) is 0 Å². The molecule has 3 nitrogen and oxygen atoms in total. The molecule has 6 heteroatoms. The lowest BCUT2D eigenvalue weighted by Crippen LogP contribution is -1.72. The average molecular weight is 228 g/mol. The lowest BCUT2D eigenvalue weighted by Gasteiger charge is -1.93. The van der Waals surface area contributed by atoms with Crippen LogP contribution in [0.15, 0.2) is 17.1 Å². The molecule has 13 heavy (non-hydrogen) atoms. The first-order valence-electron chi connectivity index (χ1n) is 3.31. The third-order valence-corrected chi connectivity index (χ3v) is 2.44. The molecule has 0 radical (unpaired) electrons. The predicted octanol–water partition coefficient (Wildman–Crippen LogP) is 3.08. The Labute approximate surface area is 88.4 Å². The molecule has 0 atom stereocenters. The molecule has 0 aliphatic rings. The molecule has 1 heterocycles. The van der Waals surface area contributed by atoms with Gasteiger partial charge in [-0.3, -0.25) is 0 Å². The third-order valence-electron chi connectivity index (χ3n) is 1.51. The van der Waals surface area contributed by atoms with E-state index in [-0.39, 0.29) is 0 Å². The molecule has 0 aliphatic heterocycles. The van der Waals surface area contributed by atoms with E-state index in [1.807, 2.05) is 0 Å². The maximum Gasteiger partial charge on any atom is 0.132 e. The standard InChI is InChI=1S/C7H2ClN3S2/c8-4-1-2-5(9-3-12)7-6(4)10-13-11-7/h1-2H. The molecule has 0 spiro atoms. The molecule has 2 aromatic rings. The first-order chi connectivity index (χ1) is 6.33. The van der Waals surface area contributed by atoms with E-state index in [0.717, 1.165) is 11.7 Å². The molecule has 1 aromatic carbocycles. The van der Waals surface area contributed by atoms with Crippen LogP contribution in [0.2, 0.25) is 5.02 Å². The largest absolute Gasteiger partial charge is 0.192 e. The van der Waals surface area contributed by atoms with Gasteiger partial charge in [-0.15, -0.1) is 0 Å². The molecule has 0 N–H and O–H groups in total.